The van der Waals surface area contributed by atoms with Crippen LogP contribution in [-0.2, 0) is 11.3 Å². The number of hydrogen-bond acceptors (Lipinski definition) is 2. The molecule has 0 radical (unpaired) electrons. The molecule has 0 aromatic heterocycles. The molecular formula is C15H22ClFN4O. The van der Waals surface area contributed by atoms with Crippen molar-refractivity contribution in [3.63, 3.8) is 0 Å². The molecule has 0 spiro atoms. The fraction of sp³-hybridized carbons (Fsp3) is 0.467. The molecule has 122 valence electrons. The molecular weight excluding hydrogens is 307 g/mol. The van der Waals surface area contributed by atoms with E-state index >= 15 is 0 Å². The highest BCUT2D eigenvalue weighted by atomic mass is 35.5. The van der Waals surface area contributed by atoms with Crippen molar-refractivity contribution < 1.29 is 9.18 Å². The summed E-state index contributed by atoms with van der Waals surface area (Å²) in [6.07, 6.45) is 0. The van der Waals surface area contributed by atoms with Crippen molar-refractivity contribution in [1.82, 2.24) is 16.0 Å². The Morgan fingerprint density at radius 2 is 2.00 bits per heavy atom. The lowest BCUT2D eigenvalue weighted by atomic mass is 10.1. The van der Waals surface area contributed by atoms with Crippen LogP contribution >= 0.6 is 11.6 Å². The Morgan fingerprint density at radius 1 is 1.32 bits per heavy atom. The van der Waals surface area contributed by atoms with Gasteiger partial charge in [0.25, 0.3) is 0 Å². The number of rotatable bonds is 4. The summed E-state index contributed by atoms with van der Waals surface area (Å²) in [4.78, 5) is 15.7. The van der Waals surface area contributed by atoms with Gasteiger partial charge in [0.05, 0.1) is 11.6 Å². The van der Waals surface area contributed by atoms with Crippen molar-refractivity contribution in [3.05, 3.63) is 34.6 Å². The fourth-order valence-electron chi connectivity index (χ4n) is 1.68. The second kappa shape index (κ2) is 7.98. The molecule has 0 heterocycles. The first kappa shape index (κ1) is 18.2. The SMILES string of the molecule is CN=C(NCC(=O)NC(C)(C)C)NCc1ccc(F)c(Cl)c1. The Kier molecular flexibility index (Phi) is 6.61. The summed E-state index contributed by atoms with van der Waals surface area (Å²) in [5.41, 5.74) is 0.536. The number of halogens is 2. The molecule has 1 aromatic carbocycles. The molecule has 0 aliphatic carbocycles. The molecule has 0 aliphatic heterocycles. The van der Waals surface area contributed by atoms with E-state index < -0.39 is 5.82 Å². The van der Waals surface area contributed by atoms with E-state index in [-0.39, 0.29) is 23.0 Å². The molecule has 7 heteroatoms. The van der Waals surface area contributed by atoms with Gasteiger partial charge in [0.15, 0.2) is 5.96 Å². The van der Waals surface area contributed by atoms with Crippen LogP contribution in [0.1, 0.15) is 26.3 Å². The normalized spacial score (nSPS) is 12.0. The van der Waals surface area contributed by atoms with Gasteiger partial charge in [0.2, 0.25) is 5.91 Å². The van der Waals surface area contributed by atoms with Crippen LogP contribution in [0.5, 0.6) is 0 Å². The van der Waals surface area contributed by atoms with Gasteiger partial charge in [-0.25, -0.2) is 4.39 Å². The van der Waals surface area contributed by atoms with Crippen LogP contribution in [0, 0.1) is 5.82 Å². The number of nitrogens with one attached hydrogen (secondary N) is 3. The smallest absolute Gasteiger partial charge is 0.239 e. The maximum atomic E-state index is 13.1. The average Bonchev–Trinajstić information content (AvgIpc) is 2.41. The van der Waals surface area contributed by atoms with Crippen LogP contribution in [0.15, 0.2) is 23.2 Å². The molecule has 1 aromatic rings. The summed E-state index contributed by atoms with van der Waals surface area (Å²) < 4.78 is 13.1. The average molecular weight is 329 g/mol. The maximum absolute atomic E-state index is 13.1. The molecule has 0 unspecified atom stereocenters. The zero-order chi connectivity index (χ0) is 16.8. The van der Waals surface area contributed by atoms with Gasteiger partial charge in [-0.05, 0) is 38.5 Å². The first-order valence-electron chi connectivity index (χ1n) is 6.91. The summed E-state index contributed by atoms with van der Waals surface area (Å²) in [5.74, 6) is -0.100. The minimum absolute atomic E-state index is 0.0757. The summed E-state index contributed by atoms with van der Waals surface area (Å²) in [5, 5.41) is 8.85. The third kappa shape index (κ3) is 6.76. The predicted octanol–water partition coefficient (Wildman–Crippen LogP) is 2.06. The summed E-state index contributed by atoms with van der Waals surface area (Å²) >= 11 is 5.73. The van der Waals surface area contributed by atoms with Gasteiger partial charge in [-0.15, -0.1) is 0 Å². The van der Waals surface area contributed by atoms with E-state index in [1.165, 1.54) is 6.07 Å². The number of amides is 1. The monoisotopic (exact) mass is 328 g/mol. The van der Waals surface area contributed by atoms with Crippen LogP contribution in [0.3, 0.4) is 0 Å². The van der Waals surface area contributed by atoms with Crippen molar-refractivity contribution in [3.8, 4) is 0 Å². The number of benzene rings is 1. The lowest BCUT2D eigenvalue weighted by Crippen LogP contribution is -2.48. The number of hydrogen-bond donors (Lipinski definition) is 3. The Balaban J connectivity index is 2.46. The van der Waals surface area contributed by atoms with Crippen LogP contribution in [0.4, 0.5) is 4.39 Å². The van der Waals surface area contributed by atoms with Crippen LogP contribution in [0.25, 0.3) is 0 Å². The maximum Gasteiger partial charge on any atom is 0.239 e. The third-order valence-electron chi connectivity index (χ3n) is 2.60. The van der Waals surface area contributed by atoms with Crippen molar-refractivity contribution in [2.24, 2.45) is 4.99 Å². The molecule has 0 aliphatic rings. The van der Waals surface area contributed by atoms with Crippen LogP contribution < -0.4 is 16.0 Å². The van der Waals surface area contributed by atoms with Crippen molar-refractivity contribution in [2.75, 3.05) is 13.6 Å². The third-order valence-corrected chi connectivity index (χ3v) is 2.89. The van der Waals surface area contributed by atoms with E-state index in [0.717, 1.165) is 5.56 Å². The second-order valence-corrected chi connectivity index (χ2v) is 6.23. The number of carbonyl (C=O) groups is 1. The first-order valence-corrected chi connectivity index (χ1v) is 7.28. The van der Waals surface area contributed by atoms with Gasteiger partial charge in [-0.2, -0.15) is 0 Å². The minimum Gasteiger partial charge on any atom is -0.352 e. The Hall–Kier alpha value is -1.82. The van der Waals surface area contributed by atoms with Gasteiger partial charge in [-0.3, -0.25) is 9.79 Å². The lowest BCUT2D eigenvalue weighted by molar-refractivity contribution is -0.121. The van der Waals surface area contributed by atoms with Crippen molar-refractivity contribution in [1.29, 1.82) is 0 Å². The number of guanidine groups is 1. The Bertz CT molecular complexity index is 555. The largest absolute Gasteiger partial charge is 0.352 e. The number of carbonyl (C=O) groups excluding carboxylic acids is 1. The van der Waals surface area contributed by atoms with E-state index in [0.29, 0.717) is 12.5 Å². The van der Waals surface area contributed by atoms with Crippen molar-refractivity contribution >= 4 is 23.5 Å². The zero-order valence-electron chi connectivity index (χ0n) is 13.3. The predicted molar refractivity (Wildman–Crippen MR) is 87.5 cm³/mol. The van der Waals surface area contributed by atoms with Gasteiger partial charge in [0.1, 0.15) is 5.82 Å². The molecule has 0 saturated carbocycles. The molecule has 22 heavy (non-hydrogen) atoms. The summed E-state index contributed by atoms with van der Waals surface area (Å²) in [6.45, 7) is 6.27. The molecule has 0 fully saturated rings. The second-order valence-electron chi connectivity index (χ2n) is 5.83. The van der Waals surface area contributed by atoms with Crippen molar-refractivity contribution in [2.45, 2.75) is 32.9 Å². The highest BCUT2D eigenvalue weighted by Crippen LogP contribution is 2.15. The highest BCUT2D eigenvalue weighted by molar-refractivity contribution is 6.30. The topological polar surface area (TPSA) is 65.5 Å². The van der Waals surface area contributed by atoms with E-state index in [2.05, 4.69) is 20.9 Å². The number of aliphatic imine (C=N–C) groups is 1. The first-order chi connectivity index (χ1) is 10.2. The van der Waals surface area contributed by atoms with E-state index in [9.17, 15) is 9.18 Å². The molecule has 5 nitrogen and oxygen atoms in total. The Labute approximate surface area is 135 Å². The van der Waals surface area contributed by atoms with Gasteiger partial charge >= 0.3 is 0 Å². The van der Waals surface area contributed by atoms with E-state index in [1.807, 2.05) is 20.8 Å². The number of nitrogens with zero attached hydrogens (tertiary/aromatic N) is 1. The highest BCUT2D eigenvalue weighted by Gasteiger charge is 2.13. The molecule has 1 amide bonds. The van der Waals surface area contributed by atoms with E-state index in [4.69, 9.17) is 11.6 Å². The molecule has 1 rings (SSSR count). The lowest BCUT2D eigenvalue weighted by Gasteiger charge is -2.21. The zero-order valence-corrected chi connectivity index (χ0v) is 14.0. The minimum atomic E-state index is -0.452. The Morgan fingerprint density at radius 3 is 2.55 bits per heavy atom. The standard InChI is InChI=1S/C15H22ClFN4O/c1-15(2,3)21-13(22)9-20-14(18-4)19-8-10-5-6-12(17)11(16)7-10/h5-7H,8-9H2,1-4H3,(H,21,22)(H2,18,19,20). The summed E-state index contributed by atoms with van der Waals surface area (Å²) in [7, 11) is 1.61. The van der Waals surface area contributed by atoms with Gasteiger partial charge in [-0.1, -0.05) is 17.7 Å². The molecule has 0 saturated heterocycles. The molecule has 0 atom stereocenters. The van der Waals surface area contributed by atoms with Gasteiger partial charge < -0.3 is 16.0 Å². The molecule has 3 N–H and O–H groups in total. The summed E-state index contributed by atoms with van der Waals surface area (Å²) in [6, 6.07) is 4.49. The quantitative estimate of drug-likeness (QED) is 0.585. The van der Waals surface area contributed by atoms with E-state index in [1.54, 1.807) is 19.2 Å². The fourth-order valence-corrected chi connectivity index (χ4v) is 1.89. The molecule has 0 bridgehead atoms. The van der Waals surface area contributed by atoms with Crippen LogP contribution in [-0.4, -0.2) is 31.0 Å². The van der Waals surface area contributed by atoms with Gasteiger partial charge in [0, 0.05) is 19.1 Å². The van der Waals surface area contributed by atoms with Crippen LogP contribution in [0.2, 0.25) is 5.02 Å².